The van der Waals surface area contributed by atoms with E-state index in [1.807, 2.05) is 0 Å². The van der Waals surface area contributed by atoms with Crippen molar-refractivity contribution in [3.8, 4) is 0 Å². The topological polar surface area (TPSA) is 40.1 Å². The third-order valence-electron chi connectivity index (χ3n) is 6.11. The predicted octanol–water partition coefficient (Wildman–Crippen LogP) is 3.49. The lowest BCUT2D eigenvalue weighted by atomic mass is 9.97. The van der Waals surface area contributed by atoms with E-state index < -0.39 is 0 Å². The number of nitrogens with zero attached hydrogens (tertiary/aromatic N) is 3. The molecule has 2 saturated heterocycles. The molecule has 1 N–H and O–H groups in total. The van der Waals surface area contributed by atoms with Crippen molar-refractivity contribution >= 4 is 29.9 Å². The van der Waals surface area contributed by atoms with Crippen LogP contribution in [0, 0.1) is 11.8 Å². The summed E-state index contributed by atoms with van der Waals surface area (Å²) in [5, 5.41) is 3.53. The number of rotatable bonds is 8. The van der Waals surface area contributed by atoms with E-state index in [4.69, 9.17) is 9.73 Å². The van der Waals surface area contributed by atoms with Crippen molar-refractivity contribution in [3.05, 3.63) is 35.9 Å². The Hall–Kier alpha value is -0.860. The number of hydrogen-bond donors (Lipinski definition) is 1. The summed E-state index contributed by atoms with van der Waals surface area (Å²) in [5.41, 5.74) is 1.46. The number of ether oxygens (including phenoxy) is 1. The van der Waals surface area contributed by atoms with Crippen LogP contribution in [0.1, 0.15) is 31.7 Å². The summed E-state index contributed by atoms with van der Waals surface area (Å²) in [6.07, 6.45) is 4.94. The highest BCUT2D eigenvalue weighted by molar-refractivity contribution is 14.0. The van der Waals surface area contributed by atoms with Gasteiger partial charge in [-0.1, -0.05) is 30.3 Å². The van der Waals surface area contributed by atoms with Crippen LogP contribution in [0.5, 0.6) is 0 Å². The molecule has 0 aliphatic carbocycles. The maximum Gasteiger partial charge on any atom is 0.193 e. The first kappa shape index (κ1) is 24.4. The van der Waals surface area contributed by atoms with Gasteiger partial charge in [0.15, 0.2) is 5.96 Å². The summed E-state index contributed by atoms with van der Waals surface area (Å²) in [5.74, 6) is 2.57. The molecule has 1 aromatic rings. The van der Waals surface area contributed by atoms with Gasteiger partial charge in [0.2, 0.25) is 0 Å². The summed E-state index contributed by atoms with van der Waals surface area (Å²) in [4.78, 5) is 10.0. The molecule has 29 heavy (non-hydrogen) atoms. The van der Waals surface area contributed by atoms with Crippen LogP contribution < -0.4 is 5.32 Å². The van der Waals surface area contributed by atoms with Gasteiger partial charge in [0.25, 0.3) is 0 Å². The van der Waals surface area contributed by atoms with Gasteiger partial charge in [0.05, 0.1) is 6.61 Å². The van der Waals surface area contributed by atoms with Crippen LogP contribution in [0.3, 0.4) is 0 Å². The number of likely N-dealkylation sites (tertiary alicyclic amines) is 2. The van der Waals surface area contributed by atoms with Crippen molar-refractivity contribution in [2.24, 2.45) is 16.8 Å². The highest BCUT2D eigenvalue weighted by atomic mass is 127. The van der Waals surface area contributed by atoms with Gasteiger partial charge in [0, 0.05) is 39.8 Å². The predicted molar refractivity (Wildman–Crippen MR) is 132 cm³/mol. The number of methoxy groups -OCH3 is 1. The van der Waals surface area contributed by atoms with E-state index in [-0.39, 0.29) is 24.0 Å². The van der Waals surface area contributed by atoms with E-state index in [0.717, 1.165) is 57.1 Å². The van der Waals surface area contributed by atoms with Gasteiger partial charge in [-0.15, -0.1) is 24.0 Å². The van der Waals surface area contributed by atoms with E-state index in [0.29, 0.717) is 0 Å². The molecule has 5 nitrogen and oxygen atoms in total. The highest BCUT2D eigenvalue weighted by Gasteiger charge is 2.25. The second-order valence-corrected chi connectivity index (χ2v) is 8.26. The van der Waals surface area contributed by atoms with E-state index in [1.165, 1.54) is 44.3 Å². The summed E-state index contributed by atoms with van der Waals surface area (Å²) in [6.45, 7) is 10.6. The number of nitrogens with one attached hydrogen (secondary N) is 1. The average Bonchev–Trinajstić information content (AvgIpc) is 3.19. The molecule has 6 heteroatoms. The van der Waals surface area contributed by atoms with Gasteiger partial charge in [-0.3, -0.25) is 4.99 Å². The molecule has 2 aliphatic rings. The maximum absolute atomic E-state index is 5.20. The van der Waals surface area contributed by atoms with Gasteiger partial charge in [-0.05, 0) is 63.1 Å². The second-order valence-electron chi connectivity index (χ2n) is 8.26. The van der Waals surface area contributed by atoms with Crippen molar-refractivity contribution < 1.29 is 4.74 Å². The highest BCUT2D eigenvalue weighted by Crippen LogP contribution is 2.22. The van der Waals surface area contributed by atoms with Crippen LogP contribution in [0.15, 0.2) is 35.3 Å². The van der Waals surface area contributed by atoms with Crippen molar-refractivity contribution in [1.29, 1.82) is 0 Å². The first-order valence-corrected chi connectivity index (χ1v) is 11.1. The zero-order valence-electron chi connectivity index (χ0n) is 18.2. The Morgan fingerprint density at radius 2 is 1.83 bits per heavy atom. The lowest BCUT2D eigenvalue weighted by Crippen LogP contribution is -2.41. The number of aliphatic imine (C=N–C) groups is 1. The quantitative estimate of drug-likeness (QED) is 0.328. The minimum Gasteiger partial charge on any atom is -0.383 e. The van der Waals surface area contributed by atoms with E-state index in [9.17, 15) is 0 Å². The first-order valence-electron chi connectivity index (χ1n) is 11.1. The van der Waals surface area contributed by atoms with Crippen LogP contribution in [0.25, 0.3) is 0 Å². The molecule has 2 fully saturated rings. The molecule has 0 aromatic heterocycles. The summed E-state index contributed by atoms with van der Waals surface area (Å²) < 4.78 is 5.20. The van der Waals surface area contributed by atoms with E-state index in [1.54, 1.807) is 7.11 Å². The number of halogens is 1. The molecule has 2 aliphatic heterocycles. The van der Waals surface area contributed by atoms with Crippen molar-refractivity contribution in [2.45, 2.75) is 32.6 Å². The lowest BCUT2D eigenvalue weighted by Gasteiger charge is -2.31. The molecular weight excluding hydrogens is 475 g/mol. The Kier molecular flexibility index (Phi) is 11.3. The van der Waals surface area contributed by atoms with Crippen molar-refractivity contribution in [3.63, 3.8) is 0 Å². The number of hydrogen-bond acceptors (Lipinski definition) is 3. The van der Waals surface area contributed by atoms with Crippen molar-refractivity contribution in [1.82, 2.24) is 15.1 Å². The van der Waals surface area contributed by atoms with Gasteiger partial charge in [0.1, 0.15) is 0 Å². The molecule has 2 heterocycles. The molecule has 0 spiro atoms. The summed E-state index contributed by atoms with van der Waals surface area (Å²) >= 11 is 0. The zero-order chi connectivity index (χ0) is 19.6. The Bertz CT molecular complexity index is 590. The number of piperidine rings is 1. The zero-order valence-corrected chi connectivity index (χ0v) is 20.5. The average molecular weight is 514 g/mol. The fourth-order valence-corrected chi connectivity index (χ4v) is 4.39. The van der Waals surface area contributed by atoms with Gasteiger partial charge in [-0.2, -0.15) is 0 Å². The van der Waals surface area contributed by atoms with Crippen LogP contribution in [0.2, 0.25) is 0 Å². The lowest BCUT2D eigenvalue weighted by molar-refractivity contribution is 0.121. The normalized spacial score (nSPS) is 21.2. The standard InChI is InChI=1S/C23H38N4O.HI/c1-3-24-23(25-18-21-9-12-26(13-10-21)15-16-28-2)27-14-11-22(19-27)17-20-7-5-4-6-8-20;/h4-8,21-22H,3,9-19H2,1-2H3,(H,24,25);1H. The van der Waals surface area contributed by atoms with Gasteiger partial charge in [-0.25, -0.2) is 0 Å². The van der Waals surface area contributed by atoms with Crippen LogP contribution in [-0.4, -0.2) is 75.3 Å². The molecule has 0 amide bonds. The molecule has 3 rings (SSSR count). The Labute approximate surface area is 194 Å². The van der Waals surface area contributed by atoms with Crippen molar-refractivity contribution in [2.75, 3.05) is 59.5 Å². The fourth-order valence-electron chi connectivity index (χ4n) is 4.39. The molecular formula is C23H39IN4O. The number of guanidine groups is 1. The van der Waals surface area contributed by atoms with E-state index in [2.05, 4.69) is 52.4 Å². The largest absolute Gasteiger partial charge is 0.383 e. The molecule has 1 aromatic carbocycles. The minimum absolute atomic E-state index is 0. The number of benzene rings is 1. The molecule has 0 saturated carbocycles. The van der Waals surface area contributed by atoms with Crippen LogP contribution in [-0.2, 0) is 11.2 Å². The Morgan fingerprint density at radius 1 is 1.10 bits per heavy atom. The molecule has 0 radical (unpaired) electrons. The van der Waals surface area contributed by atoms with Crippen LogP contribution in [0.4, 0.5) is 0 Å². The van der Waals surface area contributed by atoms with Crippen LogP contribution >= 0.6 is 24.0 Å². The maximum atomic E-state index is 5.20. The summed E-state index contributed by atoms with van der Waals surface area (Å²) in [6, 6.07) is 10.9. The smallest absolute Gasteiger partial charge is 0.193 e. The SMILES string of the molecule is CCNC(=NCC1CCN(CCOC)CC1)N1CCC(Cc2ccccc2)C1.I. The molecule has 164 valence electrons. The Morgan fingerprint density at radius 3 is 2.52 bits per heavy atom. The monoisotopic (exact) mass is 514 g/mol. The Balaban J connectivity index is 0.00000300. The molecule has 1 unspecified atom stereocenters. The molecule has 1 atom stereocenters. The summed E-state index contributed by atoms with van der Waals surface area (Å²) in [7, 11) is 1.78. The fraction of sp³-hybridized carbons (Fsp3) is 0.696. The third kappa shape index (κ3) is 8.06. The first-order chi connectivity index (χ1) is 13.8. The molecule has 0 bridgehead atoms. The minimum atomic E-state index is 0. The second kappa shape index (κ2) is 13.4. The van der Waals surface area contributed by atoms with Gasteiger partial charge < -0.3 is 19.9 Å². The van der Waals surface area contributed by atoms with E-state index >= 15 is 0 Å². The van der Waals surface area contributed by atoms with Gasteiger partial charge >= 0.3 is 0 Å². The third-order valence-corrected chi connectivity index (χ3v) is 6.11.